The molecule has 0 radical (unpaired) electrons. The van der Waals surface area contributed by atoms with Gasteiger partial charge in [0.25, 0.3) is 0 Å². The summed E-state index contributed by atoms with van der Waals surface area (Å²) in [4.78, 5) is 18.5. The summed E-state index contributed by atoms with van der Waals surface area (Å²) in [5.41, 5.74) is 2.17. The Morgan fingerprint density at radius 2 is 2.06 bits per heavy atom. The molecule has 2 aromatic heterocycles. The van der Waals surface area contributed by atoms with Crippen LogP contribution in [0.5, 0.6) is 0 Å². The predicted molar refractivity (Wildman–Crippen MR) is 122 cm³/mol. The Labute approximate surface area is 191 Å². The first kappa shape index (κ1) is 22.6. The zero-order valence-electron chi connectivity index (χ0n) is 18.3. The standard InChI is InChI=1S/C22H26N4O4S2/c1-14-7-4-5-8-17(14)12-23-22(27)18-9-6-10-26(13-18)32(28,29)20-11-19(31-15(20)2)21-24-16(3)30-25-21/h4-5,7-8,11,18H,6,9-10,12-13H2,1-3H3,(H,23,27). The lowest BCUT2D eigenvalue weighted by Gasteiger charge is -2.31. The lowest BCUT2D eigenvalue weighted by molar-refractivity contribution is -0.126. The zero-order valence-corrected chi connectivity index (χ0v) is 19.9. The van der Waals surface area contributed by atoms with E-state index in [-0.39, 0.29) is 23.3 Å². The van der Waals surface area contributed by atoms with E-state index in [1.807, 2.05) is 31.2 Å². The molecule has 1 aliphatic heterocycles. The average molecular weight is 475 g/mol. The number of nitrogens with one attached hydrogen (secondary N) is 1. The number of benzene rings is 1. The van der Waals surface area contributed by atoms with E-state index in [0.717, 1.165) is 11.1 Å². The van der Waals surface area contributed by atoms with Crippen molar-refractivity contribution in [1.29, 1.82) is 0 Å². The molecule has 1 unspecified atom stereocenters. The number of aryl methyl sites for hydroxylation is 3. The predicted octanol–water partition coefficient (Wildman–Crippen LogP) is 3.44. The largest absolute Gasteiger partial charge is 0.352 e. The number of rotatable bonds is 6. The molecule has 1 N–H and O–H groups in total. The Morgan fingerprint density at radius 1 is 1.28 bits per heavy atom. The maximum atomic E-state index is 13.4. The van der Waals surface area contributed by atoms with Gasteiger partial charge in [-0.25, -0.2) is 8.42 Å². The molecule has 4 rings (SSSR count). The smallest absolute Gasteiger partial charge is 0.244 e. The highest BCUT2D eigenvalue weighted by Crippen LogP contribution is 2.34. The number of carbonyl (C=O) groups excluding carboxylic acids is 1. The Bertz CT molecular complexity index is 1230. The van der Waals surface area contributed by atoms with E-state index in [4.69, 9.17) is 4.52 Å². The quantitative estimate of drug-likeness (QED) is 0.587. The summed E-state index contributed by atoms with van der Waals surface area (Å²) >= 11 is 1.32. The zero-order chi connectivity index (χ0) is 22.9. The minimum Gasteiger partial charge on any atom is -0.352 e. The van der Waals surface area contributed by atoms with E-state index in [1.165, 1.54) is 15.6 Å². The summed E-state index contributed by atoms with van der Waals surface area (Å²) in [5.74, 6) is 0.314. The van der Waals surface area contributed by atoms with Crippen LogP contribution < -0.4 is 5.32 Å². The third-order valence-corrected chi connectivity index (χ3v) is 8.87. The second-order valence-corrected chi connectivity index (χ2v) is 11.2. The number of nitrogens with zero attached hydrogens (tertiary/aromatic N) is 3. The van der Waals surface area contributed by atoms with Gasteiger partial charge in [-0.15, -0.1) is 11.3 Å². The molecule has 3 heterocycles. The van der Waals surface area contributed by atoms with Crippen LogP contribution in [0.1, 0.15) is 34.7 Å². The van der Waals surface area contributed by atoms with Crippen molar-refractivity contribution in [2.24, 2.45) is 5.92 Å². The van der Waals surface area contributed by atoms with Crippen molar-refractivity contribution in [3.05, 3.63) is 52.2 Å². The van der Waals surface area contributed by atoms with Crippen LogP contribution in [0.25, 0.3) is 10.7 Å². The number of piperidine rings is 1. The molecule has 3 aromatic rings. The lowest BCUT2D eigenvalue weighted by Crippen LogP contribution is -2.45. The van der Waals surface area contributed by atoms with Crippen molar-refractivity contribution < 1.29 is 17.7 Å². The molecule has 0 spiro atoms. The van der Waals surface area contributed by atoms with E-state index in [9.17, 15) is 13.2 Å². The third-order valence-electron chi connectivity index (χ3n) is 5.71. The first-order valence-electron chi connectivity index (χ1n) is 10.5. The van der Waals surface area contributed by atoms with Gasteiger partial charge in [0.05, 0.1) is 15.7 Å². The molecule has 1 aliphatic rings. The van der Waals surface area contributed by atoms with Gasteiger partial charge in [-0.3, -0.25) is 4.79 Å². The molecule has 0 aliphatic carbocycles. The van der Waals surface area contributed by atoms with Gasteiger partial charge in [0.2, 0.25) is 27.6 Å². The Balaban J connectivity index is 1.47. The van der Waals surface area contributed by atoms with Crippen LogP contribution in [0, 0.1) is 26.7 Å². The summed E-state index contributed by atoms with van der Waals surface area (Å²) in [5, 5.41) is 6.86. The molecule has 1 saturated heterocycles. The molecule has 0 bridgehead atoms. The van der Waals surface area contributed by atoms with Crippen LogP contribution in [0.4, 0.5) is 0 Å². The number of carbonyl (C=O) groups is 1. The maximum Gasteiger partial charge on any atom is 0.244 e. The van der Waals surface area contributed by atoms with Gasteiger partial charge in [0, 0.05) is 31.4 Å². The van der Waals surface area contributed by atoms with Crippen LogP contribution in [-0.2, 0) is 21.4 Å². The molecule has 1 amide bonds. The molecule has 8 nitrogen and oxygen atoms in total. The molecular weight excluding hydrogens is 448 g/mol. The summed E-state index contributed by atoms with van der Waals surface area (Å²) in [6.45, 7) is 6.47. The summed E-state index contributed by atoms with van der Waals surface area (Å²) in [7, 11) is -3.74. The van der Waals surface area contributed by atoms with Crippen LogP contribution >= 0.6 is 11.3 Å². The number of hydrogen-bond acceptors (Lipinski definition) is 7. The van der Waals surface area contributed by atoms with E-state index in [1.54, 1.807) is 19.9 Å². The van der Waals surface area contributed by atoms with Crippen molar-refractivity contribution in [2.45, 2.75) is 45.1 Å². The fourth-order valence-corrected chi connectivity index (χ4v) is 6.89. The molecule has 1 aromatic carbocycles. The van der Waals surface area contributed by atoms with Crippen molar-refractivity contribution in [2.75, 3.05) is 13.1 Å². The van der Waals surface area contributed by atoms with E-state index in [0.29, 0.717) is 47.4 Å². The molecule has 32 heavy (non-hydrogen) atoms. The van der Waals surface area contributed by atoms with E-state index < -0.39 is 10.0 Å². The van der Waals surface area contributed by atoms with Crippen LogP contribution in [-0.4, -0.2) is 41.9 Å². The maximum absolute atomic E-state index is 13.4. The first-order valence-corrected chi connectivity index (χ1v) is 12.7. The fourth-order valence-electron chi connectivity index (χ4n) is 3.88. The highest BCUT2D eigenvalue weighted by Gasteiger charge is 2.35. The van der Waals surface area contributed by atoms with Crippen molar-refractivity contribution in [1.82, 2.24) is 19.8 Å². The second kappa shape index (κ2) is 9.13. The van der Waals surface area contributed by atoms with Crippen LogP contribution in [0.15, 0.2) is 39.8 Å². The van der Waals surface area contributed by atoms with Gasteiger partial charge >= 0.3 is 0 Å². The van der Waals surface area contributed by atoms with Crippen molar-refractivity contribution >= 4 is 27.3 Å². The highest BCUT2D eigenvalue weighted by molar-refractivity contribution is 7.89. The van der Waals surface area contributed by atoms with Crippen molar-refractivity contribution in [3.8, 4) is 10.7 Å². The highest BCUT2D eigenvalue weighted by atomic mass is 32.2. The molecule has 10 heteroatoms. The number of amides is 1. The fraction of sp³-hybridized carbons (Fsp3) is 0.409. The Hall–Kier alpha value is -2.56. The summed E-state index contributed by atoms with van der Waals surface area (Å²) in [6.07, 6.45) is 1.31. The molecular formula is C22H26N4O4S2. The van der Waals surface area contributed by atoms with E-state index >= 15 is 0 Å². The SMILES string of the molecule is Cc1nc(-c2cc(S(=O)(=O)N3CCCC(C(=O)NCc4ccccc4C)C3)c(C)s2)no1. The van der Waals surface area contributed by atoms with Gasteiger partial charge in [0.15, 0.2) is 0 Å². The van der Waals surface area contributed by atoms with Crippen LogP contribution in [0.2, 0.25) is 0 Å². The molecule has 170 valence electrons. The van der Waals surface area contributed by atoms with Gasteiger partial charge in [-0.05, 0) is 43.9 Å². The van der Waals surface area contributed by atoms with E-state index in [2.05, 4.69) is 15.5 Å². The van der Waals surface area contributed by atoms with Crippen LogP contribution in [0.3, 0.4) is 0 Å². The molecule has 1 fully saturated rings. The van der Waals surface area contributed by atoms with Gasteiger partial charge in [-0.1, -0.05) is 29.4 Å². The Kier molecular flexibility index (Phi) is 6.45. The normalized spacial score (nSPS) is 17.4. The van der Waals surface area contributed by atoms with Gasteiger partial charge < -0.3 is 9.84 Å². The first-order chi connectivity index (χ1) is 15.3. The monoisotopic (exact) mass is 474 g/mol. The summed E-state index contributed by atoms with van der Waals surface area (Å²) < 4.78 is 33.2. The molecule has 0 saturated carbocycles. The minimum atomic E-state index is -3.74. The third kappa shape index (κ3) is 4.62. The number of thiophene rings is 1. The topological polar surface area (TPSA) is 105 Å². The number of sulfonamides is 1. The molecule has 1 atom stereocenters. The number of hydrogen-bond donors (Lipinski definition) is 1. The van der Waals surface area contributed by atoms with Gasteiger partial charge in [0.1, 0.15) is 0 Å². The van der Waals surface area contributed by atoms with Gasteiger partial charge in [-0.2, -0.15) is 9.29 Å². The average Bonchev–Trinajstić information content (AvgIpc) is 3.39. The summed E-state index contributed by atoms with van der Waals surface area (Å²) in [6, 6.07) is 9.49. The van der Waals surface area contributed by atoms with Crippen molar-refractivity contribution in [3.63, 3.8) is 0 Å². The number of aromatic nitrogens is 2. The lowest BCUT2D eigenvalue weighted by atomic mass is 9.98. The Morgan fingerprint density at radius 3 is 2.78 bits per heavy atom. The second-order valence-electron chi connectivity index (χ2n) is 8.01. The minimum absolute atomic E-state index is 0.113.